The minimum atomic E-state index is 0.306. The van der Waals surface area contributed by atoms with Crippen molar-refractivity contribution in [3.05, 3.63) is 35.4 Å². The Morgan fingerprint density at radius 1 is 1.28 bits per heavy atom. The van der Waals surface area contributed by atoms with Crippen LogP contribution in [0.1, 0.15) is 56.7 Å². The molecule has 18 heavy (non-hydrogen) atoms. The third-order valence-electron chi connectivity index (χ3n) is 4.44. The van der Waals surface area contributed by atoms with E-state index in [2.05, 4.69) is 50.5 Å². The summed E-state index contributed by atoms with van der Waals surface area (Å²) >= 11 is 0. The second-order valence-corrected chi connectivity index (χ2v) is 6.56. The van der Waals surface area contributed by atoms with E-state index in [1.54, 1.807) is 0 Å². The summed E-state index contributed by atoms with van der Waals surface area (Å²) in [5.74, 6) is 6.47. The van der Waals surface area contributed by atoms with Crippen LogP contribution in [0.15, 0.2) is 24.3 Å². The van der Waals surface area contributed by atoms with Crippen LogP contribution in [0.5, 0.6) is 0 Å². The zero-order valence-electron chi connectivity index (χ0n) is 11.9. The van der Waals surface area contributed by atoms with Crippen LogP contribution >= 0.6 is 0 Å². The zero-order chi connectivity index (χ0) is 13.2. The van der Waals surface area contributed by atoms with Gasteiger partial charge >= 0.3 is 0 Å². The van der Waals surface area contributed by atoms with Crippen molar-refractivity contribution in [1.29, 1.82) is 0 Å². The lowest BCUT2D eigenvalue weighted by Gasteiger charge is -2.38. The minimum absolute atomic E-state index is 0.306. The van der Waals surface area contributed by atoms with Crippen molar-refractivity contribution < 1.29 is 0 Å². The molecule has 100 valence electrons. The summed E-state index contributed by atoms with van der Waals surface area (Å²) in [6.45, 7) is 6.89. The molecule has 0 radical (unpaired) electrons. The van der Waals surface area contributed by atoms with Gasteiger partial charge < -0.3 is 0 Å². The van der Waals surface area contributed by atoms with Gasteiger partial charge in [-0.3, -0.25) is 11.3 Å². The van der Waals surface area contributed by atoms with Gasteiger partial charge in [0.1, 0.15) is 0 Å². The van der Waals surface area contributed by atoms with Crippen molar-refractivity contribution in [3.63, 3.8) is 0 Å². The number of hydrogen-bond donors (Lipinski definition) is 2. The van der Waals surface area contributed by atoms with Crippen molar-refractivity contribution in [3.8, 4) is 0 Å². The maximum Gasteiger partial charge on any atom is 0.0488 e. The Hall–Kier alpha value is -0.860. The van der Waals surface area contributed by atoms with Crippen molar-refractivity contribution >= 4 is 0 Å². The third-order valence-corrected chi connectivity index (χ3v) is 4.44. The molecule has 0 heterocycles. The van der Waals surface area contributed by atoms with E-state index in [1.807, 2.05) is 0 Å². The molecule has 0 aliphatic heterocycles. The number of hydrogen-bond acceptors (Lipinski definition) is 2. The average molecular weight is 246 g/mol. The van der Waals surface area contributed by atoms with Gasteiger partial charge in [0.15, 0.2) is 0 Å². The third kappa shape index (κ3) is 3.12. The van der Waals surface area contributed by atoms with Crippen LogP contribution in [0, 0.1) is 18.3 Å². The number of nitrogens with one attached hydrogen (secondary N) is 1. The Morgan fingerprint density at radius 3 is 2.50 bits per heavy atom. The molecule has 0 saturated heterocycles. The predicted octanol–water partition coefficient (Wildman–Crippen LogP) is 3.72. The normalized spacial score (nSPS) is 21.8. The molecular formula is C16H26N2. The Labute approximate surface area is 111 Å². The van der Waals surface area contributed by atoms with Crippen molar-refractivity contribution in [2.45, 2.75) is 52.5 Å². The summed E-state index contributed by atoms with van der Waals surface area (Å²) < 4.78 is 0. The highest BCUT2D eigenvalue weighted by Crippen LogP contribution is 2.42. The summed E-state index contributed by atoms with van der Waals surface area (Å²) in [6, 6.07) is 9.02. The van der Waals surface area contributed by atoms with Crippen LogP contribution < -0.4 is 11.3 Å². The molecule has 1 aliphatic rings. The van der Waals surface area contributed by atoms with Gasteiger partial charge in [0, 0.05) is 6.04 Å². The van der Waals surface area contributed by atoms with Crippen molar-refractivity contribution in [2.24, 2.45) is 17.2 Å². The smallest absolute Gasteiger partial charge is 0.0488 e. The molecule has 1 saturated carbocycles. The topological polar surface area (TPSA) is 38.0 Å². The van der Waals surface area contributed by atoms with E-state index in [-0.39, 0.29) is 0 Å². The maximum atomic E-state index is 5.80. The van der Waals surface area contributed by atoms with Gasteiger partial charge in [0.25, 0.3) is 0 Å². The van der Waals surface area contributed by atoms with E-state index in [0.29, 0.717) is 17.4 Å². The molecule has 1 aromatic carbocycles. The van der Waals surface area contributed by atoms with Gasteiger partial charge in [-0.2, -0.15) is 0 Å². The van der Waals surface area contributed by atoms with E-state index in [4.69, 9.17) is 5.84 Å². The van der Waals surface area contributed by atoms with Crippen LogP contribution in [0.2, 0.25) is 0 Å². The Balaban J connectivity index is 2.10. The van der Waals surface area contributed by atoms with E-state index < -0.39 is 0 Å². The fourth-order valence-electron chi connectivity index (χ4n) is 3.12. The molecule has 0 spiro atoms. The van der Waals surface area contributed by atoms with Gasteiger partial charge in [-0.1, -0.05) is 43.7 Å². The first-order chi connectivity index (χ1) is 8.52. The number of rotatable bonds is 3. The fraction of sp³-hybridized carbons (Fsp3) is 0.625. The molecule has 3 N–H and O–H groups in total. The second-order valence-electron chi connectivity index (χ2n) is 6.56. The average Bonchev–Trinajstić information content (AvgIpc) is 2.32. The number of aryl methyl sites for hydroxylation is 1. The minimum Gasteiger partial charge on any atom is -0.271 e. The molecular weight excluding hydrogens is 220 g/mol. The molecule has 2 nitrogen and oxygen atoms in total. The fourth-order valence-corrected chi connectivity index (χ4v) is 3.12. The van der Waals surface area contributed by atoms with Crippen molar-refractivity contribution in [2.75, 3.05) is 0 Å². The molecule has 1 aromatic rings. The van der Waals surface area contributed by atoms with Gasteiger partial charge in [-0.25, -0.2) is 0 Å². The summed E-state index contributed by atoms with van der Waals surface area (Å²) in [6.07, 6.45) is 5.16. The summed E-state index contributed by atoms with van der Waals surface area (Å²) in [5.41, 5.74) is 6.20. The molecule has 1 unspecified atom stereocenters. The van der Waals surface area contributed by atoms with E-state index in [0.717, 1.165) is 0 Å². The molecule has 0 bridgehead atoms. The predicted molar refractivity (Wildman–Crippen MR) is 77.0 cm³/mol. The molecule has 0 amide bonds. The molecule has 1 aliphatic carbocycles. The first-order valence-corrected chi connectivity index (χ1v) is 7.04. The van der Waals surface area contributed by atoms with Crippen molar-refractivity contribution in [1.82, 2.24) is 5.43 Å². The van der Waals surface area contributed by atoms with Gasteiger partial charge in [-0.15, -0.1) is 0 Å². The molecule has 2 rings (SSSR count). The quantitative estimate of drug-likeness (QED) is 0.630. The summed E-state index contributed by atoms with van der Waals surface area (Å²) in [4.78, 5) is 0. The van der Waals surface area contributed by atoms with E-state index in [1.165, 1.54) is 36.8 Å². The van der Waals surface area contributed by atoms with Crippen LogP contribution in [0.25, 0.3) is 0 Å². The number of hydrazine groups is 1. The first kappa shape index (κ1) is 13.6. The zero-order valence-corrected chi connectivity index (χ0v) is 11.9. The van der Waals surface area contributed by atoms with Crippen LogP contribution in [-0.2, 0) is 0 Å². The largest absolute Gasteiger partial charge is 0.271 e. The van der Waals surface area contributed by atoms with E-state index >= 15 is 0 Å². The number of nitrogens with two attached hydrogens (primary N) is 1. The van der Waals surface area contributed by atoms with Crippen LogP contribution in [-0.4, -0.2) is 0 Å². The lowest BCUT2D eigenvalue weighted by molar-refractivity contribution is 0.161. The first-order valence-electron chi connectivity index (χ1n) is 7.04. The highest BCUT2D eigenvalue weighted by molar-refractivity contribution is 5.25. The lowest BCUT2D eigenvalue weighted by atomic mass is 9.70. The monoisotopic (exact) mass is 246 g/mol. The molecule has 2 heteroatoms. The highest BCUT2D eigenvalue weighted by atomic mass is 15.2. The van der Waals surface area contributed by atoms with Gasteiger partial charge in [0.2, 0.25) is 0 Å². The maximum absolute atomic E-state index is 5.80. The number of benzene rings is 1. The van der Waals surface area contributed by atoms with Gasteiger partial charge in [-0.05, 0) is 49.5 Å². The SMILES string of the molecule is Cc1cccc(C(NN)C2CCC(C)(C)CC2)c1. The molecule has 0 aromatic heterocycles. The Kier molecular flexibility index (Phi) is 4.08. The van der Waals surface area contributed by atoms with Crippen LogP contribution in [0.4, 0.5) is 0 Å². The lowest BCUT2D eigenvalue weighted by Crippen LogP contribution is -2.36. The molecule has 1 fully saturated rings. The summed E-state index contributed by atoms with van der Waals surface area (Å²) in [5, 5.41) is 0. The Morgan fingerprint density at radius 2 is 1.94 bits per heavy atom. The standard InChI is InChI=1S/C16H26N2/c1-12-5-4-6-14(11-12)15(18-17)13-7-9-16(2,3)10-8-13/h4-6,11,13,15,18H,7-10,17H2,1-3H3. The van der Waals surface area contributed by atoms with Gasteiger partial charge in [0.05, 0.1) is 0 Å². The second kappa shape index (κ2) is 5.41. The highest BCUT2D eigenvalue weighted by Gasteiger charge is 2.31. The molecule has 1 atom stereocenters. The van der Waals surface area contributed by atoms with E-state index in [9.17, 15) is 0 Å². The summed E-state index contributed by atoms with van der Waals surface area (Å²) in [7, 11) is 0. The Bertz CT molecular complexity index is 388. The van der Waals surface area contributed by atoms with Crippen LogP contribution in [0.3, 0.4) is 0 Å².